The fraction of sp³-hybridized carbons (Fsp3) is 0.391. The molecule has 0 saturated carbocycles. The second-order valence-electron chi connectivity index (χ2n) is 8.04. The van der Waals surface area contributed by atoms with Gasteiger partial charge in [-0.1, -0.05) is 36.4 Å². The van der Waals surface area contributed by atoms with Crippen LogP contribution in [0.4, 0.5) is 0 Å². The Morgan fingerprint density at radius 1 is 1.10 bits per heavy atom. The van der Waals surface area contributed by atoms with Gasteiger partial charge in [0.15, 0.2) is 0 Å². The Hall–Kier alpha value is -2.90. The molecule has 2 aromatic carbocycles. The minimum atomic E-state index is -0.593. The third-order valence-corrected chi connectivity index (χ3v) is 6.08. The molecular weight excluding hydrogens is 382 g/mol. The average molecular weight is 409 g/mol. The first-order valence-electron chi connectivity index (χ1n) is 10.3. The van der Waals surface area contributed by atoms with E-state index in [4.69, 9.17) is 9.94 Å². The van der Waals surface area contributed by atoms with Crippen molar-refractivity contribution in [3.63, 3.8) is 0 Å². The number of fused-ring (bicyclic) bond motifs is 1. The van der Waals surface area contributed by atoms with Crippen LogP contribution in [-0.4, -0.2) is 53.6 Å². The zero-order valence-corrected chi connectivity index (χ0v) is 17.1. The number of hydroxylamine groups is 1. The summed E-state index contributed by atoms with van der Waals surface area (Å²) in [6, 6.07) is 14.8. The SMILES string of the molecule is CN1CCC(C(=O)N2Cc3ccc(C(=O)NO)cc3OC[C@@H]2c2ccccc2)CC1. The lowest BCUT2D eigenvalue weighted by atomic mass is 9.93. The third kappa shape index (κ3) is 4.17. The van der Waals surface area contributed by atoms with Crippen molar-refractivity contribution >= 4 is 11.8 Å². The van der Waals surface area contributed by atoms with E-state index in [9.17, 15) is 9.59 Å². The Balaban J connectivity index is 1.66. The fourth-order valence-corrected chi connectivity index (χ4v) is 4.25. The molecule has 158 valence electrons. The number of piperidine rings is 1. The first-order chi connectivity index (χ1) is 14.6. The number of ether oxygens (including phenoxy) is 1. The van der Waals surface area contributed by atoms with E-state index in [1.54, 1.807) is 23.7 Å². The molecule has 1 fully saturated rings. The lowest BCUT2D eigenvalue weighted by Gasteiger charge is -2.35. The smallest absolute Gasteiger partial charge is 0.274 e. The number of carbonyl (C=O) groups is 2. The molecule has 2 heterocycles. The van der Waals surface area contributed by atoms with Gasteiger partial charge in [-0.05, 0) is 50.7 Å². The predicted molar refractivity (Wildman–Crippen MR) is 111 cm³/mol. The molecule has 0 spiro atoms. The topological polar surface area (TPSA) is 82.1 Å². The third-order valence-electron chi connectivity index (χ3n) is 6.08. The molecule has 1 atom stereocenters. The standard InChI is InChI=1S/C23H27N3O4/c1-25-11-9-17(10-12-25)23(28)26-14-19-8-7-18(22(27)24-29)13-21(19)30-15-20(26)16-5-3-2-4-6-16/h2-8,13,17,20,29H,9-12,14-15H2,1H3,(H,24,27)/t20-/m1/s1. The Kier molecular flexibility index (Phi) is 6.01. The molecular formula is C23H27N3O4. The molecule has 2 amide bonds. The highest BCUT2D eigenvalue weighted by Crippen LogP contribution is 2.34. The van der Waals surface area contributed by atoms with Crippen molar-refractivity contribution in [3.8, 4) is 5.75 Å². The van der Waals surface area contributed by atoms with Crippen molar-refractivity contribution in [1.29, 1.82) is 0 Å². The van der Waals surface area contributed by atoms with Crippen LogP contribution < -0.4 is 10.2 Å². The van der Waals surface area contributed by atoms with Gasteiger partial charge < -0.3 is 14.5 Å². The summed E-state index contributed by atoms with van der Waals surface area (Å²) in [5, 5.41) is 8.92. The highest BCUT2D eigenvalue weighted by molar-refractivity contribution is 5.93. The molecule has 7 nitrogen and oxygen atoms in total. The van der Waals surface area contributed by atoms with Crippen LogP contribution in [-0.2, 0) is 11.3 Å². The first-order valence-corrected chi connectivity index (χ1v) is 10.3. The van der Waals surface area contributed by atoms with Crippen molar-refractivity contribution in [2.45, 2.75) is 25.4 Å². The van der Waals surface area contributed by atoms with Gasteiger partial charge in [-0.25, -0.2) is 5.48 Å². The molecule has 0 radical (unpaired) electrons. The summed E-state index contributed by atoms with van der Waals surface area (Å²) >= 11 is 0. The number of hydrogen-bond donors (Lipinski definition) is 2. The summed E-state index contributed by atoms with van der Waals surface area (Å²) in [4.78, 5) is 29.6. The fourth-order valence-electron chi connectivity index (χ4n) is 4.25. The molecule has 4 rings (SSSR count). The van der Waals surface area contributed by atoms with Gasteiger partial charge in [0.2, 0.25) is 5.91 Å². The van der Waals surface area contributed by atoms with E-state index in [0.29, 0.717) is 24.5 Å². The van der Waals surface area contributed by atoms with Gasteiger partial charge in [0.05, 0.1) is 12.6 Å². The molecule has 30 heavy (non-hydrogen) atoms. The molecule has 0 bridgehead atoms. The summed E-state index contributed by atoms with van der Waals surface area (Å²) in [6.07, 6.45) is 1.72. The summed E-state index contributed by atoms with van der Waals surface area (Å²) in [7, 11) is 2.09. The van der Waals surface area contributed by atoms with E-state index < -0.39 is 5.91 Å². The van der Waals surface area contributed by atoms with E-state index in [2.05, 4.69) is 11.9 Å². The molecule has 2 N–H and O–H groups in total. The van der Waals surface area contributed by atoms with Crippen LogP contribution >= 0.6 is 0 Å². The van der Waals surface area contributed by atoms with Crippen LogP contribution in [0.15, 0.2) is 48.5 Å². The Morgan fingerprint density at radius 3 is 2.53 bits per heavy atom. The number of rotatable bonds is 3. The average Bonchev–Trinajstić information content (AvgIpc) is 2.98. The zero-order chi connectivity index (χ0) is 21.1. The lowest BCUT2D eigenvalue weighted by Crippen LogP contribution is -2.43. The minimum absolute atomic E-state index is 0.00778. The number of nitrogens with zero attached hydrogens (tertiary/aromatic N) is 2. The van der Waals surface area contributed by atoms with Crippen LogP contribution in [0.5, 0.6) is 5.75 Å². The summed E-state index contributed by atoms with van der Waals surface area (Å²) in [5.41, 5.74) is 3.84. The number of hydrogen-bond acceptors (Lipinski definition) is 5. The predicted octanol–water partition coefficient (Wildman–Crippen LogP) is 2.61. The Bertz CT molecular complexity index is 910. The van der Waals surface area contributed by atoms with Gasteiger partial charge in [0.1, 0.15) is 12.4 Å². The van der Waals surface area contributed by atoms with Crippen LogP contribution in [0.25, 0.3) is 0 Å². The normalized spacial score (nSPS) is 20.1. The monoisotopic (exact) mass is 409 g/mol. The number of carbonyl (C=O) groups excluding carboxylic acids is 2. The molecule has 2 aliphatic rings. The quantitative estimate of drug-likeness (QED) is 0.602. The summed E-state index contributed by atoms with van der Waals surface area (Å²) in [5.74, 6) is 0.138. The van der Waals surface area contributed by atoms with Crippen LogP contribution in [0.1, 0.15) is 40.4 Å². The van der Waals surface area contributed by atoms with Gasteiger partial charge in [0, 0.05) is 17.0 Å². The van der Waals surface area contributed by atoms with E-state index >= 15 is 0 Å². The maximum absolute atomic E-state index is 13.6. The second kappa shape index (κ2) is 8.85. The highest BCUT2D eigenvalue weighted by atomic mass is 16.5. The van der Waals surface area contributed by atoms with Gasteiger partial charge in [-0.3, -0.25) is 14.8 Å². The number of amides is 2. The molecule has 7 heteroatoms. The Labute approximate surface area is 176 Å². The number of benzene rings is 2. The molecule has 1 saturated heterocycles. The van der Waals surface area contributed by atoms with E-state index in [0.717, 1.165) is 37.1 Å². The van der Waals surface area contributed by atoms with Crippen molar-refractivity contribution < 1.29 is 19.5 Å². The summed E-state index contributed by atoms with van der Waals surface area (Å²) < 4.78 is 6.07. The molecule has 2 aliphatic heterocycles. The van der Waals surface area contributed by atoms with Crippen molar-refractivity contribution in [2.75, 3.05) is 26.7 Å². The zero-order valence-electron chi connectivity index (χ0n) is 17.1. The van der Waals surface area contributed by atoms with Crippen molar-refractivity contribution in [2.24, 2.45) is 5.92 Å². The first kappa shape index (κ1) is 20.4. The second-order valence-corrected chi connectivity index (χ2v) is 8.04. The van der Waals surface area contributed by atoms with Gasteiger partial charge in [-0.2, -0.15) is 0 Å². The largest absolute Gasteiger partial charge is 0.491 e. The molecule has 0 unspecified atom stereocenters. The van der Waals surface area contributed by atoms with Crippen LogP contribution in [0, 0.1) is 5.92 Å². The molecule has 0 aliphatic carbocycles. The van der Waals surface area contributed by atoms with Crippen molar-refractivity contribution in [1.82, 2.24) is 15.3 Å². The maximum Gasteiger partial charge on any atom is 0.274 e. The van der Waals surface area contributed by atoms with Crippen LogP contribution in [0.2, 0.25) is 0 Å². The van der Waals surface area contributed by atoms with Gasteiger partial charge in [-0.15, -0.1) is 0 Å². The Morgan fingerprint density at radius 2 is 1.83 bits per heavy atom. The van der Waals surface area contributed by atoms with Gasteiger partial charge >= 0.3 is 0 Å². The molecule has 0 aromatic heterocycles. The molecule has 2 aromatic rings. The van der Waals surface area contributed by atoms with E-state index in [1.165, 1.54) is 0 Å². The van der Waals surface area contributed by atoms with Crippen LogP contribution in [0.3, 0.4) is 0 Å². The summed E-state index contributed by atoms with van der Waals surface area (Å²) in [6.45, 7) is 2.57. The minimum Gasteiger partial charge on any atom is -0.491 e. The lowest BCUT2D eigenvalue weighted by molar-refractivity contribution is -0.140. The highest BCUT2D eigenvalue weighted by Gasteiger charge is 2.35. The number of nitrogens with one attached hydrogen (secondary N) is 1. The van der Waals surface area contributed by atoms with Crippen molar-refractivity contribution in [3.05, 3.63) is 65.2 Å². The number of likely N-dealkylation sites (tertiary alicyclic amines) is 1. The maximum atomic E-state index is 13.6. The van der Waals surface area contributed by atoms with Gasteiger partial charge in [0.25, 0.3) is 5.91 Å². The van der Waals surface area contributed by atoms with E-state index in [-0.39, 0.29) is 17.9 Å². The van der Waals surface area contributed by atoms with E-state index in [1.807, 2.05) is 35.2 Å².